The van der Waals surface area contributed by atoms with Crippen molar-refractivity contribution in [2.45, 2.75) is 0 Å². The van der Waals surface area contributed by atoms with Crippen molar-refractivity contribution in [2.75, 3.05) is 0 Å². The van der Waals surface area contributed by atoms with Gasteiger partial charge in [0, 0.05) is 12.1 Å². The van der Waals surface area contributed by atoms with Gasteiger partial charge < -0.3 is 0 Å². The van der Waals surface area contributed by atoms with Crippen molar-refractivity contribution in [1.29, 1.82) is 0 Å². The maximum absolute atomic E-state index is 10.3. The predicted molar refractivity (Wildman–Crippen MR) is 43.9 cm³/mol. The molecule has 0 fully saturated rings. The van der Waals surface area contributed by atoms with Crippen LogP contribution in [-0.4, -0.2) is 11.2 Å². The second-order valence-corrected chi connectivity index (χ2v) is 2.21. The molecular formula is C7H4N2O4. The first-order chi connectivity index (χ1) is 6.19. The van der Waals surface area contributed by atoms with Gasteiger partial charge >= 0.3 is 0 Å². The highest BCUT2D eigenvalue weighted by Crippen LogP contribution is 2.22. The minimum absolute atomic E-state index is 0.0794. The predicted octanol–water partition coefficient (Wildman–Crippen LogP) is 1.81. The van der Waals surface area contributed by atoms with Gasteiger partial charge in [-0.25, -0.2) is 0 Å². The van der Waals surface area contributed by atoms with Gasteiger partial charge in [0.2, 0.25) is 0 Å². The van der Waals surface area contributed by atoms with Crippen LogP contribution in [0, 0.1) is 15.0 Å². The zero-order valence-electron chi connectivity index (χ0n) is 6.34. The van der Waals surface area contributed by atoms with Crippen molar-refractivity contribution in [2.24, 2.45) is 5.18 Å². The quantitative estimate of drug-likeness (QED) is 0.307. The fourth-order valence-corrected chi connectivity index (χ4v) is 0.833. The normalized spacial score (nSPS) is 9.23. The summed E-state index contributed by atoms with van der Waals surface area (Å²) in [5, 5.41) is 12.8. The molecule has 0 unspecified atom stereocenters. The number of hydrogen-bond donors (Lipinski definition) is 0. The Labute approximate surface area is 72.3 Å². The van der Waals surface area contributed by atoms with E-state index in [9.17, 15) is 19.8 Å². The molecule has 0 saturated carbocycles. The van der Waals surface area contributed by atoms with Gasteiger partial charge in [-0.15, -0.1) is 4.91 Å². The Bertz CT molecular complexity index is 375. The Kier molecular flexibility index (Phi) is 2.44. The van der Waals surface area contributed by atoms with E-state index in [1.807, 2.05) is 0 Å². The average Bonchev–Trinajstić information content (AvgIpc) is 2.16. The summed E-state index contributed by atoms with van der Waals surface area (Å²) in [6.07, 6.45) is 0.351. The van der Waals surface area contributed by atoms with E-state index in [4.69, 9.17) is 0 Å². The van der Waals surface area contributed by atoms with Gasteiger partial charge in [-0.05, 0) is 11.2 Å². The molecule has 0 spiro atoms. The topological polar surface area (TPSA) is 89.6 Å². The SMILES string of the molecule is O=Cc1cc([N+](=O)[O-])ccc1N=O. The minimum atomic E-state index is -0.651. The molecule has 0 heterocycles. The molecule has 0 bridgehead atoms. The Hall–Kier alpha value is -2.11. The van der Waals surface area contributed by atoms with Crippen LogP contribution < -0.4 is 0 Å². The van der Waals surface area contributed by atoms with Crippen LogP contribution in [0.1, 0.15) is 10.4 Å². The molecule has 0 N–H and O–H groups in total. The summed E-state index contributed by atoms with van der Waals surface area (Å²) < 4.78 is 0. The third kappa shape index (κ3) is 1.73. The van der Waals surface area contributed by atoms with Gasteiger partial charge in [-0.3, -0.25) is 14.9 Å². The van der Waals surface area contributed by atoms with E-state index in [1.165, 1.54) is 0 Å². The fraction of sp³-hybridized carbons (Fsp3) is 0. The Morgan fingerprint density at radius 3 is 2.62 bits per heavy atom. The summed E-state index contributed by atoms with van der Waals surface area (Å²) in [5.41, 5.74) is -0.417. The number of nitroso groups, excluding NO2 is 1. The molecule has 1 aromatic rings. The highest BCUT2D eigenvalue weighted by Gasteiger charge is 2.09. The number of hydrogen-bond acceptors (Lipinski definition) is 5. The molecule has 0 saturated heterocycles. The van der Waals surface area contributed by atoms with Crippen LogP contribution >= 0.6 is 0 Å². The van der Waals surface area contributed by atoms with Crippen LogP contribution in [0.4, 0.5) is 11.4 Å². The first-order valence-electron chi connectivity index (χ1n) is 3.26. The number of nitro groups is 1. The summed E-state index contributed by atoms with van der Waals surface area (Å²) in [6, 6.07) is 3.25. The summed E-state index contributed by atoms with van der Waals surface area (Å²) in [5.74, 6) is 0. The monoisotopic (exact) mass is 180 g/mol. The molecule has 1 rings (SSSR count). The lowest BCUT2D eigenvalue weighted by molar-refractivity contribution is -0.384. The van der Waals surface area contributed by atoms with Gasteiger partial charge in [0.25, 0.3) is 5.69 Å². The molecule has 6 heteroatoms. The van der Waals surface area contributed by atoms with Crippen LogP contribution in [0.5, 0.6) is 0 Å². The molecule has 0 aliphatic carbocycles. The third-order valence-corrected chi connectivity index (χ3v) is 1.45. The summed E-state index contributed by atoms with van der Waals surface area (Å²) >= 11 is 0. The number of carbonyl (C=O) groups excluding carboxylic acids is 1. The second kappa shape index (κ2) is 3.53. The lowest BCUT2D eigenvalue weighted by atomic mass is 10.2. The maximum Gasteiger partial charge on any atom is 0.270 e. The molecule has 66 valence electrons. The molecule has 0 radical (unpaired) electrons. The van der Waals surface area contributed by atoms with Crippen molar-refractivity contribution < 1.29 is 9.72 Å². The van der Waals surface area contributed by atoms with Gasteiger partial charge in [-0.1, -0.05) is 0 Å². The highest BCUT2D eigenvalue weighted by molar-refractivity contribution is 5.84. The molecule has 0 amide bonds. The van der Waals surface area contributed by atoms with Crippen LogP contribution in [-0.2, 0) is 0 Å². The van der Waals surface area contributed by atoms with Crippen LogP contribution in [0.2, 0.25) is 0 Å². The largest absolute Gasteiger partial charge is 0.298 e. The van der Waals surface area contributed by atoms with E-state index in [0.717, 1.165) is 18.2 Å². The van der Waals surface area contributed by atoms with Crippen molar-refractivity contribution in [3.8, 4) is 0 Å². The molecule has 13 heavy (non-hydrogen) atoms. The zero-order valence-corrected chi connectivity index (χ0v) is 6.34. The number of non-ortho nitro benzene ring substituents is 1. The van der Waals surface area contributed by atoms with Gasteiger partial charge in [-0.2, -0.15) is 0 Å². The van der Waals surface area contributed by atoms with Gasteiger partial charge in [0.05, 0.1) is 10.5 Å². The molecule has 0 aliphatic heterocycles. The number of benzene rings is 1. The third-order valence-electron chi connectivity index (χ3n) is 1.45. The number of nitro benzene ring substituents is 1. The number of carbonyl (C=O) groups is 1. The second-order valence-electron chi connectivity index (χ2n) is 2.21. The van der Waals surface area contributed by atoms with Gasteiger partial charge in [0.1, 0.15) is 5.69 Å². The van der Waals surface area contributed by atoms with E-state index < -0.39 is 4.92 Å². The lowest BCUT2D eigenvalue weighted by Gasteiger charge is -1.94. The number of rotatable bonds is 3. The van der Waals surface area contributed by atoms with Crippen molar-refractivity contribution in [3.63, 3.8) is 0 Å². The molecule has 0 aliphatic rings. The lowest BCUT2D eigenvalue weighted by Crippen LogP contribution is -1.89. The standard InChI is InChI=1S/C7H4N2O4/c10-4-5-3-6(9(12)13)1-2-7(5)8-11/h1-4H. The van der Waals surface area contributed by atoms with Crippen molar-refractivity contribution >= 4 is 17.7 Å². The number of nitrogens with zero attached hydrogens (tertiary/aromatic N) is 2. The summed E-state index contributed by atoms with van der Waals surface area (Å²) in [6.45, 7) is 0. The Morgan fingerprint density at radius 1 is 1.46 bits per heavy atom. The van der Waals surface area contributed by atoms with Crippen molar-refractivity contribution in [3.05, 3.63) is 38.8 Å². The number of aldehydes is 1. The van der Waals surface area contributed by atoms with Crippen LogP contribution in [0.25, 0.3) is 0 Å². The first-order valence-corrected chi connectivity index (χ1v) is 3.26. The maximum atomic E-state index is 10.3. The zero-order chi connectivity index (χ0) is 9.84. The average molecular weight is 180 g/mol. The highest BCUT2D eigenvalue weighted by atomic mass is 16.6. The molecular weight excluding hydrogens is 176 g/mol. The van der Waals surface area contributed by atoms with E-state index in [1.54, 1.807) is 0 Å². The van der Waals surface area contributed by atoms with Crippen LogP contribution in [0.15, 0.2) is 23.4 Å². The van der Waals surface area contributed by atoms with E-state index in [2.05, 4.69) is 5.18 Å². The molecule has 1 aromatic carbocycles. The molecule has 6 nitrogen and oxygen atoms in total. The van der Waals surface area contributed by atoms with E-state index in [-0.39, 0.29) is 16.9 Å². The summed E-state index contributed by atoms with van der Waals surface area (Å²) in [4.78, 5) is 30.0. The minimum Gasteiger partial charge on any atom is -0.298 e. The van der Waals surface area contributed by atoms with E-state index in [0.29, 0.717) is 6.29 Å². The summed E-state index contributed by atoms with van der Waals surface area (Å²) in [7, 11) is 0. The molecule has 0 aromatic heterocycles. The van der Waals surface area contributed by atoms with E-state index >= 15 is 0 Å². The first kappa shape index (κ1) is 8.98. The molecule has 0 atom stereocenters. The van der Waals surface area contributed by atoms with Gasteiger partial charge in [0.15, 0.2) is 6.29 Å². The van der Waals surface area contributed by atoms with Crippen LogP contribution in [0.3, 0.4) is 0 Å². The Balaban J connectivity index is 3.28. The fourth-order valence-electron chi connectivity index (χ4n) is 0.833. The Morgan fingerprint density at radius 2 is 2.15 bits per heavy atom. The smallest absolute Gasteiger partial charge is 0.270 e. The van der Waals surface area contributed by atoms with Crippen molar-refractivity contribution in [1.82, 2.24) is 0 Å².